The summed E-state index contributed by atoms with van der Waals surface area (Å²) in [4.78, 5) is 8.33. The maximum atomic E-state index is 10.00. The molecule has 2 rings (SSSR count). The minimum absolute atomic E-state index is 0.0882. The first-order chi connectivity index (χ1) is 9.20. The lowest BCUT2D eigenvalue weighted by molar-refractivity contribution is 0.318. The Bertz CT molecular complexity index is 582. The highest BCUT2D eigenvalue weighted by molar-refractivity contribution is 9.10. The zero-order valence-electron chi connectivity index (χ0n) is 10.4. The molecule has 0 spiro atoms. The van der Waals surface area contributed by atoms with Crippen molar-refractivity contribution in [3.63, 3.8) is 0 Å². The predicted octanol–water partition coefficient (Wildman–Crippen LogP) is 3.70. The first-order valence-electron chi connectivity index (χ1n) is 5.81. The molecule has 0 radical (unpaired) electrons. The van der Waals surface area contributed by atoms with Gasteiger partial charge >= 0.3 is 0 Å². The van der Waals surface area contributed by atoms with Crippen molar-refractivity contribution in [1.82, 2.24) is 4.98 Å². The van der Waals surface area contributed by atoms with Gasteiger partial charge in [0.05, 0.1) is 6.61 Å². The van der Waals surface area contributed by atoms with E-state index in [1.54, 1.807) is 36.7 Å². The molecule has 0 fully saturated rings. The van der Waals surface area contributed by atoms with Gasteiger partial charge in [-0.2, -0.15) is 0 Å². The summed E-state index contributed by atoms with van der Waals surface area (Å²) in [7, 11) is 0. The minimum Gasteiger partial charge on any atom is -0.504 e. The number of benzene rings is 1. The lowest BCUT2D eigenvalue weighted by Gasteiger charge is -2.06. The summed E-state index contributed by atoms with van der Waals surface area (Å²) in [6, 6.07) is 8.93. The molecule has 1 aromatic carbocycles. The molecule has 5 heteroatoms. The van der Waals surface area contributed by atoms with Crippen LogP contribution < -0.4 is 4.74 Å². The maximum Gasteiger partial charge on any atom is 0.166 e. The quantitative estimate of drug-likeness (QED) is 0.874. The van der Waals surface area contributed by atoms with Crippen LogP contribution in [0.15, 0.2) is 46.0 Å². The van der Waals surface area contributed by atoms with Gasteiger partial charge in [-0.15, -0.1) is 0 Å². The number of aliphatic imine (C=N–C) groups is 1. The molecule has 1 aromatic heterocycles. The number of rotatable bonds is 4. The Hall–Kier alpha value is -1.88. The molecule has 0 saturated heterocycles. The van der Waals surface area contributed by atoms with Crippen LogP contribution in [-0.2, 0) is 0 Å². The summed E-state index contributed by atoms with van der Waals surface area (Å²) < 4.78 is 6.21. The highest BCUT2D eigenvalue weighted by Gasteiger charge is 2.05. The fourth-order valence-electron chi connectivity index (χ4n) is 1.50. The normalized spacial score (nSPS) is 10.8. The third-order valence-corrected chi connectivity index (χ3v) is 2.85. The van der Waals surface area contributed by atoms with E-state index in [4.69, 9.17) is 4.74 Å². The number of phenolic OH excluding ortho intramolecular Hbond substituents is 1. The van der Waals surface area contributed by atoms with Crippen molar-refractivity contribution in [3.8, 4) is 11.5 Å². The van der Waals surface area contributed by atoms with Crippen LogP contribution in [0.3, 0.4) is 0 Å². The number of nitrogens with zero attached hydrogens (tertiary/aromatic N) is 2. The Morgan fingerprint density at radius 1 is 1.37 bits per heavy atom. The van der Waals surface area contributed by atoms with Crippen molar-refractivity contribution in [2.75, 3.05) is 6.61 Å². The van der Waals surface area contributed by atoms with Gasteiger partial charge in [-0.1, -0.05) is 6.07 Å². The van der Waals surface area contributed by atoms with E-state index in [-0.39, 0.29) is 5.75 Å². The number of para-hydroxylation sites is 1. The minimum atomic E-state index is 0.0882. The Morgan fingerprint density at radius 2 is 2.21 bits per heavy atom. The number of halogens is 1. The molecular formula is C14H13BrN2O2. The Labute approximate surface area is 119 Å². The van der Waals surface area contributed by atoms with E-state index in [1.165, 1.54) is 0 Å². The summed E-state index contributed by atoms with van der Waals surface area (Å²) in [6.45, 7) is 2.37. The van der Waals surface area contributed by atoms with E-state index in [2.05, 4.69) is 25.9 Å². The first kappa shape index (κ1) is 13.5. The average molecular weight is 321 g/mol. The van der Waals surface area contributed by atoms with Crippen LogP contribution in [0, 0.1) is 0 Å². The van der Waals surface area contributed by atoms with Crippen molar-refractivity contribution in [2.24, 2.45) is 4.99 Å². The molecule has 0 amide bonds. The number of aromatic hydroxyl groups is 1. The Kier molecular flexibility index (Phi) is 4.52. The van der Waals surface area contributed by atoms with Crippen LogP contribution >= 0.6 is 15.9 Å². The second-order valence-electron chi connectivity index (χ2n) is 3.72. The van der Waals surface area contributed by atoms with Gasteiger partial charge in [-0.05, 0) is 47.1 Å². The van der Waals surface area contributed by atoms with Gasteiger partial charge in [0.15, 0.2) is 17.3 Å². The molecule has 1 heterocycles. The Balaban J connectivity index is 2.23. The molecular weight excluding hydrogens is 308 g/mol. The number of phenols is 1. The van der Waals surface area contributed by atoms with E-state index in [9.17, 15) is 5.11 Å². The zero-order chi connectivity index (χ0) is 13.7. The highest BCUT2D eigenvalue weighted by atomic mass is 79.9. The van der Waals surface area contributed by atoms with Crippen molar-refractivity contribution >= 4 is 28.0 Å². The van der Waals surface area contributed by atoms with Crippen LogP contribution in [0.25, 0.3) is 0 Å². The molecule has 4 nitrogen and oxygen atoms in total. The van der Waals surface area contributed by atoms with Gasteiger partial charge in [0.25, 0.3) is 0 Å². The van der Waals surface area contributed by atoms with E-state index in [1.807, 2.05) is 13.0 Å². The summed E-state index contributed by atoms with van der Waals surface area (Å²) in [5.41, 5.74) is 0.593. The van der Waals surface area contributed by atoms with E-state index < -0.39 is 0 Å². The average Bonchev–Trinajstić information content (AvgIpc) is 2.42. The lowest BCUT2D eigenvalue weighted by atomic mass is 10.2. The van der Waals surface area contributed by atoms with Gasteiger partial charge in [-0.25, -0.2) is 9.98 Å². The highest BCUT2D eigenvalue weighted by Crippen LogP contribution is 2.28. The van der Waals surface area contributed by atoms with Crippen molar-refractivity contribution < 1.29 is 9.84 Å². The van der Waals surface area contributed by atoms with Crippen LogP contribution in [0.4, 0.5) is 5.82 Å². The molecule has 0 saturated carbocycles. The monoisotopic (exact) mass is 320 g/mol. The molecule has 0 unspecified atom stereocenters. The second kappa shape index (κ2) is 6.33. The first-order valence-corrected chi connectivity index (χ1v) is 6.60. The summed E-state index contributed by atoms with van der Waals surface area (Å²) in [5.74, 6) is 1.12. The third-order valence-electron chi connectivity index (χ3n) is 2.38. The topological polar surface area (TPSA) is 54.7 Å². The van der Waals surface area contributed by atoms with Gasteiger partial charge in [0, 0.05) is 22.4 Å². The summed E-state index contributed by atoms with van der Waals surface area (Å²) >= 11 is 3.31. The SMILES string of the molecule is CCOc1cccc(C=Nc2ccc(Br)cn2)c1O. The number of hydrogen-bond acceptors (Lipinski definition) is 4. The molecule has 0 bridgehead atoms. The van der Waals surface area contributed by atoms with E-state index in [0.717, 1.165) is 4.47 Å². The molecule has 2 aromatic rings. The van der Waals surface area contributed by atoms with Crippen LogP contribution in [-0.4, -0.2) is 22.9 Å². The fraction of sp³-hybridized carbons (Fsp3) is 0.143. The van der Waals surface area contributed by atoms with Crippen LogP contribution in [0.2, 0.25) is 0 Å². The summed E-state index contributed by atoms with van der Waals surface area (Å²) in [5, 5.41) is 10.00. The molecule has 0 aliphatic rings. The van der Waals surface area contributed by atoms with Crippen molar-refractivity contribution in [1.29, 1.82) is 0 Å². The molecule has 0 atom stereocenters. The van der Waals surface area contributed by atoms with E-state index >= 15 is 0 Å². The van der Waals surface area contributed by atoms with Crippen molar-refractivity contribution in [2.45, 2.75) is 6.92 Å². The zero-order valence-corrected chi connectivity index (χ0v) is 12.0. The molecule has 1 N–H and O–H groups in total. The van der Waals surface area contributed by atoms with Crippen molar-refractivity contribution in [3.05, 3.63) is 46.6 Å². The molecule has 0 aliphatic heterocycles. The Morgan fingerprint density at radius 3 is 2.89 bits per heavy atom. The maximum absolute atomic E-state index is 10.00. The third kappa shape index (κ3) is 3.54. The van der Waals surface area contributed by atoms with Crippen LogP contribution in [0.5, 0.6) is 11.5 Å². The lowest BCUT2D eigenvalue weighted by Crippen LogP contribution is -1.93. The fourth-order valence-corrected chi connectivity index (χ4v) is 1.73. The number of ether oxygens (including phenoxy) is 1. The second-order valence-corrected chi connectivity index (χ2v) is 4.64. The molecule has 0 aliphatic carbocycles. The predicted molar refractivity (Wildman–Crippen MR) is 78.5 cm³/mol. The largest absolute Gasteiger partial charge is 0.504 e. The van der Waals surface area contributed by atoms with Gasteiger partial charge < -0.3 is 9.84 Å². The number of pyridine rings is 1. The van der Waals surface area contributed by atoms with Gasteiger partial charge in [0.1, 0.15) is 0 Å². The summed E-state index contributed by atoms with van der Waals surface area (Å²) in [6.07, 6.45) is 3.23. The van der Waals surface area contributed by atoms with Crippen LogP contribution in [0.1, 0.15) is 12.5 Å². The smallest absolute Gasteiger partial charge is 0.166 e. The standard InChI is InChI=1S/C14H13BrN2O2/c1-2-19-12-5-3-4-10(14(12)18)8-16-13-7-6-11(15)9-17-13/h3-9,18H,2H2,1H3. The van der Waals surface area contributed by atoms with Gasteiger partial charge in [0.2, 0.25) is 0 Å². The number of hydrogen-bond donors (Lipinski definition) is 1. The molecule has 98 valence electrons. The van der Waals surface area contributed by atoms with E-state index in [0.29, 0.717) is 23.7 Å². The molecule has 19 heavy (non-hydrogen) atoms. The van der Waals surface area contributed by atoms with Gasteiger partial charge in [-0.3, -0.25) is 0 Å². The number of aromatic nitrogens is 1.